The van der Waals surface area contributed by atoms with E-state index in [1.54, 1.807) is 4.68 Å². The van der Waals surface area contributed by atoms with Crippen LogP contribution >= 0.6 is 0 Å². The zero-order chi connectivity index (χ0) is 11.0. The summed E-state index contributed by atoms with van der Waals surface area (Å²) < 4.78 is 13.1. The van der Waals surface area contributed by atoms with Crippen LogP contribution in [0.5, 0.6) is 0 Å². The number of nitrogens with zero attached hydrogens (tertiary/aromatic N) is 3. The minimum Gasteiger partial charge on any atom is -0.394 e. The standard InChI is InChI=1S/C9H16N4OS/c1-7-8(10)9(12(2)11-7)13-3-5-15(14)6-4-13/h3-6,10H2,1-2H3. The summed E-state index contributed by atoms with van der Waals surface area (Å²) in [5, 5.41) is 4.28. The number of hydrogen-bond acceptors (Lipinski definition) is 4. The summed E-state index contributed by atoms with van der Waals surface area (Å²) in [5.74, 6) is 2.41. The maximum Gasteiger partial charge on any atom is 0.150 e. The van der Waals surface area contributed by atoms with Crippen LogP contribution in [0.15, 0.2) is 0 Å². The van der Waals surface area contributed by atoms with Crippen LogP contribution in [0.1, 0.15) is 5.69 Å². The molecule has 84 valence electrons. The Labute approximate surface area is 91.7 Å². The lowest BCUT2D eigenvalue weighted by atomic mass is 10.3. The lowest BCUT2D eigenvalue weighted by molar-refractivity contribution is 0.665. The summed E-state index contributed by atoms with van der Waals surface area (Å²) >= 11 is 0. The monoisotopic (exact) mass is 228 g/mol. The zero-order valence-electron chi connectivity index (χ0n) is 9.06. The third-order valence-corrected chi connectivity index (χ3v) is 3.99. The van der Waals surface area contributed by atoms with E-state index in [4.69, 9.17) is 5.73 Å². The van der Waals surface area contributed by atoms with Crippen LogP contribution in [0.2, 0.25) is 0 Å². The summed E-state index contributed by atoms with van der Waals surface area (Å²) in [5.41, 5.74) is 7.57. The highest BCUT2D eigenvalue weighted by molar-refractivity contribution is 7.85. The Morgan fingerprint density at radius 3 is 2.47 bits per heavy atom. The SMILES string of the molecule is Cc1nn(C)c(N2CCS(=O)CC2)c1N. The third kappa shape index (κ3) is 1.86. The van der Waals surface area contributed by atoms with Crippen LogP contribution < -0.4 is 10.6 Å². The molecular formula is C9H16N4OS. The molecule has 15 heavy (non-hydrogen) atoms. The van der Waals surface area contributed by atoms with E-state index in [1.807, 2.05) is 14.0 Å². The quantitative estimate of drug-likeness (QED) is 0.728. The first-order valence-electron chi connectivity index (χ1n) is 4.98. The van der Waals surface area contributed by atoms with Crippen LogP contribution in [0.4, 0.5) is 11.5 Å². The first-order valence-corrected chi connectivity index (χ1v) is 6.47. The number of hydrogen-bond donors (Lipinski definition) is 1. The summed E-state index contributed by atoms with van der Waals surface area (Å²) in [7, 11) is 1.24. The molecule has 1 aliphatic rings. The van der Waals surface area contributed by atoms with Gasteiger partial charge in [-0.15, -0.1) is 0 Å². The van der Waals surface area contributed by atoms with Gasteiger partial charge in [0.2, 0.25) is 0 Å². The molecule has 5 nitrogen and oxygen atoms in total. The average molecular weight is 228 g/mol. The Kier molecular flexibility index (Phi) is 2.68. The van der Waals surface area contributed by atoms with Crippen molar-refractivity contribution in [1.82, 2.24) is 9.78 Å². The first-order chi connectivity index (χ1) is 7.09. The first kappa shape index (κ1) is 10.5. The van der Waals surface area contributed by atoms with Gasteiger partial charge in [0, 0.05) is 42.4 Å². The van der Waals surface area contributed by atoms with Crippen molar-refractivity contribution in [1.29, 1.82) is 0 Å². The van der Waals surface area contributed by atoms with E-state index in [1.165, 1.54) is 0 Å². The van der Waals surface area contributed by atoms with Crippen LogP contribution in [0, 0.1) is 6.92 Å². The summed E-state index contributed by atoms with van der Waals surface area (Å²) in [6, 6.07) is 0. The maximum absolute atomic E-state index is 11.2. The minimum absolute atomic E-state index is 0.653. The fourth-order valence-corrected chi connectivity index (χ4v) is 2.94. The molecule has 1 aromatic rings. The lowest BCUT2D eigenvalue weighted by Crippen LogP contribution is -2.39. The van der Waals surface area contributed by atoms with Crippen LogP contribution in [0.25, 0.3) is 0 Å². The fourth-order valence-electron chi connectivity index (χ4n) is 1.89. The van der Waals surface area contributed by atoms with E-state index in [9.17, 15) is 4.21 Å². The lowest BCUT2D eigenvalue weighted by Gasteiger charge is -2.28. The van der Waals surface area contributed by atoms with Gasteiger partial charge in [0.1, 0.15) is 5.82 Å². The number of nitrogens with two attached hydrogens (primary N) is 1. The molecule has 0 radical (unpaired) electrons. The number of rotatable bonds is 1. The van der Waals surface area contributed by atoms with E-state index in [2.05, 4.69) is 10.00 Å². The molecule has 0 aliphatic carbocycles. The number of nitrogen functional groups attached to an aromatic ring is 1. The summed E-state index contributed by atoms with van der Waals surface area (Å²) in [4.78, 5) is 2.16. The molecule has 1 aliphatic heterocycles. The van der Waals surface area contributed by atoms with Crippen molar-refractivity contribution in [2.24, 2.45) is 7.05 Å². The predicted molar refractivity (Wildman–Crippen MR) is 62.4 cm³/mol. The van der Waals surface area contributed by atoms with Crippen LogP contribution in [-0.4, -0.2) is 38.6 Å². The second-order valence-electron chi connectivity index (χ2n) is 3.78. The molecule has 0 amide bonds. The predicted octanol–water partition coefficient (Wildman–Crippen LogP) is -0.121. The third-order valence-electron chi connectivity index (χ3n) is 2.71. The van der Waals surface area contributed by atoms with E-state index >= 15 is 0 Å². The molecular weight excluding hydrogens is 212 g/mol. The van der Waals surface area contributed by atoms with Gasteiger partial charge in [-0.05, 0) is 6.92 Å². The number of aryl methyl sites for hydroxylation is 2. The minimum atomic E-state index is -0.653. The topological polar surface area (TPSA) is 64.2 Å². The van der Waals surface area contributed by atoms with Gasteiger partial charge in [-0.1, -0.05) is 0 Å². The van der Waals surface area contributed by atoms with Crippen LogP contribution in [-0.2, 0) is 17.8 Å². The molecule has 1 aromatic heterocycles. The van der Waals surface area contributed by atoms with Crippen molar-refractivity contribution in [2.75, 3.05) is 35.2 Å². The Morgan fingerprint density at radius 2 is 2.00 bits per heavy atom. The molecule has 0 spiro atoms. The van der Waals surface area contributed by atoms with Gasteiger partial charge in [0.25, 0.3) is 0 Å². The molecule has 1 saturated heterocycles. The van der Waals surface area contributed by atoms with E-state index < -0.39 is 10.8 Å². The molecule has 0 aromatic carbocycles. The zero-order valence-corrected chi connectivity index (χ0v) is 9.88. The smallest absolute Gasteiger partial charge is 0.150 e. The normalized spacial score (nSPS) is 18.4. The van der Waals surface area contributed by atoms with Gasteiger partial charge in [0.05, 0.1) is 11.4 Å². The van der Waals surface area contributed by atoms with Crippen LogP contribution in [0.3, 0.4) is 0 Å². The summed E-state index contributed by atoms with van der Waals surface area (Å²) in [6.45, 7) is 3.51. The molecule has 0 atom stereocenters. The highest BCUT2D eigenvalue weighted by atomic mass is 32.2. The van der Waals surface area contributed by atoms with Gasteiger partial charge in [0.15, 0.2) is 0 Å². The maximum atomic E-state index is 11.2. The fraction of sp³-hybridized carbons (Fsp3) is 0.667. The van der Waals surface area contributed by atoms with E-state index in [-0.39, 0.29) is 0 Å². The molecule has 0 saturated carbocycles. The molecule has 0 unspecified atom stereocenters. The van der Waals surface area contributed by atoms with Crippen molar-refractivity contribution in [3.05, 3.63) is 5.69 Å². The second-order valence-corrected chi connectivity index (χ2v) is 5.48. The number of anilines is 2. The highest BCUT2D eigenvalue weighted by Crippen LogP contribution is 2.26. The molecule has 2 N–H and O–H groups in total. The molecule has 1 fully saturated rings. The Balaban J connectivity index is 2.26. The molecule has 0 bridgehead atoms. The highest BCUT2D eigenvalue weighted by Gasteiger charge is 2.21. The average Bonchev–Trinajstić information content (AvgIpc) is 2.44. The molecule has 6 heteroatoms. The van der Waals surface area contributed by atoms with Gasteiger partial charge in [-0.25, -0.2) is 0 Å². The Bertz CT molecular complexity index is 391. The van der Waals surface area contributed by atoms with E-state index in [0.29, 0.717) is 0 Å². The van der Waals surface area contributed by atoms with E-state index in [0.717, 1.165) is 41.8 Å². The van der Waals surface area contributed by atoms with Gasteiger partial charge in [-0.2, -0.15) is 5.10 Å². The van der Waals surface area contributed by atoms with Gasteiger partial charge in [-0.3, -0.25) is 8.89 Å². The Hall–Kier alpha value is -1.04. The second kappa shape index (κ2) is 3.84. The van der Waals surface area contributed by atoms with Gasteiger partial charge >= 0.3 is 0 Å². The summed E-state index contributed by atoms with van der Waals surface area (Å²) in [6.07, 6.45) is 0. The molecule has 2 heterocycles. The largest absolute Gasteiger partial charge is 0.394 e. The van der Waals surface area contributed by atoms with Crippen molar-refractivity contribution in [3.63, 3.8) is 0 Å². The van der Waals surface area contributed by atoms with Gasteiger partial charge < -0.3 is 10.6 Å². The number of aromatic nitrogens is 2. The molecule has 2 rings (SSSR count). The van der Waals surface area contributed by atoms with Crippen molar-refractivity contribution >= 4 is 22.3 Å². The Morgan fingerprint density at radius 1 is 1.40 bits per heavy atom. The van der Waals surface area contributed by atoms with Crippen molar-refractivity contribution < 1.29 is 4.21 Å². The van der Waals surface area contributed by atoms with Crippen molar-refractivity contribution in [2.45, 2.75) is 6.92 Å². The van der Waals surface area contributed by atoms with Crippen molar-refractivity contribution in [3.8, 4) is 0 Å².